The van der Waals surface area contributed by atoms with E-state index in [1.165, 1.54) is 12.1 Å². The summed E-state index contributed by atoms with van der Waals surface area (Å²) < 4.78 is 54.7. The van der Waals surface area contributed by atoms with E-state index in [1.54, 1.807) is 0 Å². The molecule has 0 aliphatic carbocycles. The summed E-state index contributed by atoms with van der Waals surface area (Å²) in [7, 11) is 0. The van der Waals surface area contributed by atoms with Gasteiger partial charge in [0.2, 0.25) is 0 Å². The van der Waals surface area contributed by atoms with Crippen molar-refractivity contribution in [3.63, 3.8) is 0 Å². The van der Waals surface area contributed by atoms with E-state index in [0.29, 0.717) is 6.07 Å². The minimum absolute atomic E-state index is 0.113. The number of anilines is 2. The number of carboxylic acids is 1. The summed E-state index contributed by atoms with van der Waals surface area (Å²) in [6, 6.07) is 8.08. The van der Waals surface area contributed by atoms with Gasteiger partial charge in [-0.1, -0.05) is 6.07 Å². The maximum Gasteiger partial charge on any atom is 0.337 e. The van der Waals surface area contributed by atoms with E-state index >= 15 is 0 Å². The van der Waals surface area contributed by atoms with Gasteiger partial charge < -0.3 is 10.4 Å². The van der Waals surface area contributed by atoms with Crippen LogP contribution in [0.2, 0.25) is 0 Å². The molecule has 0 atom stereocenters. The largest absolute Gasteiger partial charge is 0.478 e. The fourth-order valence-electron chi connectivity index (χ4n) is 2.33. The van der Waals surface area contributed by atoms with Crippen molar-refractivity contribution in [1.29, 1.82) is 0 Å². The van der Waals surface area contributed by atoms with Crippen LogP contribution < -0.4 is 5.32 Å². The Labute approximate surface area is 144 Å². The normalized spacial score (nSPS) is 10.6. The van der Waals surface area contributed by atoms with E-state index in [9.17, 15) is 27.5 Å². The Balaban J connectivity index is 2.11. The van der Waals surface area contributed by atoms with Crippen LogP contribution in [-0.2, 0) is 0 Å². The molecule has 0 bridgehead atoms. The molecule has 0 unspecified atom stereocenters. The van der Waals surface area contributed by atoms with Gasteiger partial charge >= 0.3 is 5.97 Å². The predicted octanol–water partition coefficient (Wildman–Crippen LogP) is 4.75. The highest BCUT2D eigenvalue weighted by atomic mass is 19.1. The molecule has 0 saturated carbocycles. The lowest BCUT2D eigenvalue weighted by Gasteiger charge is -2.12. The molecule has 8 heteroatoms. The number of nitrogens with zero attached hydrogens (tertiary/aromatic N) is 1. The monoisotopic (exact) mass is 362 g/mol. The maximum atomic E-state index is 14.1. The highest BCUT2D eigenvalue weighted by Crippen LogP contribution is 2.29. The molecule has 0 aliphatic rings. The van der Waals surface area contributed by atoms with Crippen LogP contribution >= 0.6 is 0 Å². The number of para-hydroxylation sites is 1. The van der Waals surface area contributed by atoms with E-state index in [-0.39, 0.29) is 22.6 Å². The Kier molecular flexibility index (Phi) is 4.57. The summed E-state index contributed by atoms with van der Waals surface area (Å²) in [5, 5.41) is 11.7. The minimum atomic E-state index is -1.39. The third kappa shape index (κ3) is 3.34. The molecule has 1 heterocycles. The molecule has 3 rings (SSSR count). The number of hydrogen-bond donors (Lipinski definition) is 2. The molecule has 0 amide bonds. The topological polar surface area (TPSA) is 62.2 Å². The lowest BCUT2D eigenvalue weighted by molar-refractivity contribution is 0.0697. The standard InChI is InChI=1S/C18H10F4N2O2/c19-9-4-5-10(14(22)8-9)16-11(18(25)26)6-7-15(23-16)24-17-12(20)2-1-3-13(17)21/h1-8H,(H,23,24)(H,25,26). The molecule has 0 spiro atoms. The first-order chi connectivity index (χ1) is 12.4. The van der Waals surface area contributed by atoms with Crippen LogP contribution in [0.3, 0.4) is 0 Å². The lowest BCUT2D eigenvalue weighted by Crippen LogP contribution is -2.06. The van der Waals surface area contributed by atoms with Crippen LogP contribution in [0.15, 0.2) is 48.5 Å². The minimum Gasteiger partial charge on any atom is -0.478 e. The number of rotatable bonds is 4. The van der Waals surface area contributed by atoms with E-state index in [2.05, 4.69) is 10.3 Å². The molecule has 3 aromatic rings. The first-order valence-electron chi connectivity index (χ1n) is 7.27. The maximum absolute atomic E-state index is 14.1. The van der Waals surface area contributed by atoms with Crippen LogP contribution in [0.1, 0.15) is 10.4 Å². The van der Waals surface area contributed by atoms with Gasteiger partial charge in [0.25, 0.3) is 0 Å². The van der Waals surface area contributed by atoms with Gasteiger partial charge in [0, 0.05) is 11.6 Å². The molecule has 26 heavy (non-hydrogen) atoms. The lowest BCUT2D eigenvalue weighted by atomic mass is 10.0. The van der Waals surface area contributed by atoms with E-state index in [4.69, 9.17) is 0 Å². The zero-order valence-corrected chi connectivity index (χ0v) is 12.9. The molecule has 0 fully saturated rings. The summed E-state index contributed by atoms with van der Waals surface area (Å²) in [4.78, 5) is 15.3. The first kappa shape index (κ1) is 17.4. The van der Waals surface area contributed by atoms with Crippen molar-refractivity contribution in [2.24, 2.45) is 0 Å². The van der Waals surface area contributed by atoms with Crippen molar-refractivity contribution in [3.8, 4) is 11.3 Å². The van der Waals surface area contributed by atoms with Crippen molar-refractivity contribution in [2.75, 3.05) is 5.32 Å². The zero-order chi connectivity index (χ0) is 18.8. The SMILES string of the molecule is O=C(O)c1ccc(Nc2c(F)cccc2F)nc1-c1ccc(F)cc1F. The number of carbonyl (C=O) groups is 1. The second kappa shape index (κ2) is 6.83. The van der Waals surface area contributed by atoms with Crippen LogP contribution in [0.4, 0.5) is 29.1 Å². The number of aromatic carboxylic acids is 1. The number of nitrogens with one attached hydrogen (secondary N) is 1. The number of aromatic nitrogens is 1. The quantitative estimate of drug-likeness (QED) is 0.658. The third-order valence-electron chi connectivity index (χ3n) is 3.53. The Morgan fingerprint density at radius 3 is 2.23 bits per heavy atom. The van der Waals surface area contributed by atoms with Crippen molar-refractivity contribution in [3.05, 3.63) is 77.4 Å². The smallest absolute Gasteiger partial charge is 0.337 e. The molecule has 0 radical (unpaired) electrons. The van der Waals surface area contributed by atoms with Gasteiger partial charge in [-0.3, -0.25) is 0 Å². The van der Waals surface area contributed by atoms with Gasteiger partial charge in [-0.2, -0.15) is 0 Å². The van der Waals surface area contributed by atoms with Gasteiger partial charge in [-0.25, -0.2) is 27.3 Å². The average Bonchev–Trinajstić information content (AvgIpc) is 2.58. The second-order valence-corrected chi connectivity index (χ2v) is 5.24. The van der Waals surface area contributed by atoms with Gasteiger partial charge in [0.05, 0.1) is 11.3 Å². The van der Waals surface area contributed by atoms with Crippen LogP contribution in [-0.4, -0.2) is 16.1 Å². The molecular weight excluding hydrogens is 352 g/mol. The molecule has 132 valence electrons. The van der Waals surface area contributed by atoms with E-state index in [0.717, 1.165) is 30.3 Å². The van der Waals surface area contributed by atoms with Gasteiger partial charge in [-0.05, 0) is 36.4 Å². The van der Waals surface area contributed by atoms with Crippen molar-refractivity contribution in [2.45, 2.75) is 0 Å². The van der Waals surface area contributed by atoms with Crippen molar-refractivity contribution < 1.29 is 27.5 Å². The molecule has 0 saturated heterocycles. The van der Waals surface area contributed by atoms with E-state index < -0.39 is 34.9 Å². The fourth-order valence-corrected chi connectivity index (χ4v) is 2.33. The van der Waals surface area contributed by atoms with Crippen LogP contribution in [0, 0.1) is 23.3 Å². The molecule has 0 aliphatic heterocycles. The summed E-state index contributed by atoms with van der Waals surface area (Å²) in [5.41, 5.74) is -1.41. The summed E-state index contributed by atoms with van der Waals surface area (Å²) in [5.74, 6) is -5.13. The Morgan fingerprint density at radius 1 is 0.923 bits per heavy atom. The van der Waals surface area contributed by atoms with Gasteiger partial charge in [0.15, 0.2) is 0 Å². The van der Waals surface area contributed by atoms with Crippen LogP contribution in [0.25, 0.3) is 11.3 Å². The highest BCUT2D eigenvalue weighted by Gasteiger charge is 2.19. The summed E-state index contributed by atoms with van der Waals surface area (Å²) in [6.07, 6.45) is 0. The van der Waals surface area contributed by atoms with E-state index in [1.807, 2.05) is 0 Å². The Morgan fingerprint density at radius 2 is 1.62 bits per heavy atom. The van der Waals surface area contributed by atoms with Crippen molar-refractivity contribution in [1.82, 2.24) is 4.98 Å². The summed E-state index contributed by atoms with van der Waals surface area (Å²) >= 11 is 0. The average molecular weight is 362 g/mol. The number of hydrogen-bond acceptors (Lipinski definition) is 3. The Hall–Kier alpha value is -3.42. The molecular formula is C18H10F4N2O2. The zero-order valence-electron chi connectivity index (χ0n) is 12.9. The highest BCUT2D eigenvalue weighted by molar-refractivity contribution is 5.95. The number of carboxylic acid groups (broad SMARTS) is 1. The predicted molar refractivity (Wildman–Crippen MR) is 86.2 cm³/mol. The molecule has 2 N–H and O–H groups in total. The number of halogens is 4. The molecule has 1 aromatic heterocycles. The van der Waals surface area contributed by atoms with Gasteiger partial charge in [-0.15, -0.1) is 0 Å². The number of pyridine rings is 1. The van der Waals surface area contributed by atoms with Crippen molar-refractivity contribution >= 4 is 17.5 Å². The Bertz CT molecular complexity index is 988. The molecule has 4 nitrogen and oxygen atoms in total. The first-order valence-corrected chi connectivity index (χ1v) is 7.27. The van der Waals surface area contributed by atoms with Crippen LogP contribution in [0.5, 0.6) is 0 Å². The number of benzene rings is 2. The third-order valence-corrected chi connectivity index (χ3v) is 3.53. The fraction of sp³-hybridized carbons (Fsp3) is 0. The van der Waals surface area contributed by atoms with Gasteiger partial charge in [0.1, 0.15) is 34.8 Å². The molecule has 2 aromatic carbocycles. The second-order valence-electron chi connectivity index (χ2n) is 5.24. The summed E-state index contributed by atoms with van der Waals surface area (Å²) in [6.45, 7) is 0.